The van der Waals surface area contributed by atoms with Crippen LogP contribution in [0.4, 0.5) is 0 Å². The summed E-state index contributed by atoms with van der Waals surface area (Å²) in [5, 5.41) is 0. The van der Waals surface area contributed by atoms with Gasteiger partial charge in [0.2, 0.25) is 0 Å². The van der Waals surface area contributed by atoms with Gasteiger partial charge in [-0.05, 0) is 38.6 Å². The maximum atomic E-state index is 2.52. The summed E-state index contributed by atoms with van der Waals surface area (Å²) in [7, 11) is 2.26. The van der Waals surface area contributed by atoms with Crippen LogP contribution in [0.5, 0.6) is 0 Å². The summed E-state index contributed by atoms with van der Waals surface area (Å²) in [6, 6.07) is 1.52. The van der Waals surface area contributed by atoms with Crippen molar-refractivity contribution in [1.29, 1.82) is 0 Å². The van der Waals surface area contributed by atoms with Crippen LogP contribution in [0.2, 0.25) is 0 Å². The molecule has 0 saturated carbocycles. The van der Waals surface area contributed by atoms with Gasteiger partial charge < -0.3 is 4.90 Å². The van der Waals surface area contributed by atoms with E-state index in [4.69, 9.17) is 0 Å². The molecule has 12 heavy (non-hydrogen) atoms. The van der Waals surface area contributed by atoms with Gasteiger partial charge in [0.1, 0.15) is 0 Å². The lowest BCUT2D eigenvalue weighted by atomic mass is 9.81. The average molecular weight is 169 g/mol. The highest BCUT2D eigenvalue weighted by molar-refractivity contribution is 4.93. The largest absolute Gasteiger partial charge is 0.300 e. The van der Waals surface area contributed by atoms with Crippen LogP contribution in [0, 0.1) is 17.8 Å². The summed E-state index contributed by atoms with van der Waals surface area (Å²) in [5.41, 5.74) is 0. The smallest absolute Gasteiger partial charge is 0.0101 e. The molecule has 1 aliphatic rings. The van der Waals surface area contributed by atoms with E-state index in [9.17, 15) is 0 Å². The fourth-order valence-corrected chi connectivity index (χ4v) is 2.94. The molecule has 1 heteroatoms. The molecule has 3 unspecified atom stereocenters. The summed E-state index contributed by atoms with van der Waals surface area (Å²) in [5.74, 6) is 2.55. The summed E-state index contributed by atoms with van der Waals surface area (Å²) in [6.07, 6.45) is 0. The SMILES string of the molecule is CC(C)[C@H]1C(C)C(C)N(C)C1C. The molecule has 1 rings (SSSR count). The maximum absolute atomic E-state index is 2.52. The highest BCUT2D eigenvalue weighted by Gasteiger charge is 2.40. The molecular formula is C11H23N. The minimum Gasteiger partial charge on any atom is -0.300 e. The molecule has 0 amide bonds. The Morgan fingerprint density at radius 3 is 1.67 bits per heavy atom. The van der Waals surface area contributed by atoms with Crippen LogP contribution in [0.1, 0.15) is 34.6 Å². The van der Waals surface area contributed by atoms with Crippen molar-refractivity contribution in [3.05, 3.63) is 0 Å². The second kappa shape index (κ2) is 3.37. The molecule has 0 aromatic carbocycles. The molecule has 4 atom stereocenters. The summed E-state index contributed by atoms with van der Waals surface area (Å²) in [6.45, 7) is 11.8. The first-order valence-electron chi connectivity index (χ1n) is 5.18. The zero-order chi connectivity index (χ0) is 9.46. The van der Waals surface area contributed by atoms with E-state index in [0.717, 1.165) is 29.8 Å². The van der Waals surface area contributed by atoms with Crippen molar-refractivity contribution >= 4 is 0 Å². The minimum absolute atomic E-state index is 0.757. The van der Waals surface area contributed by atoms with Gasteiger partial charge in [-0.15, -0.1) is 0 Å². The van der Waals surface area contributed by atoms with Gasteiger partial charge in [0.25, 0.3) is 0 Å². The van der Waals surface area contributed by atoms with Crippen molar-refractivity contribution in [2.75, 3.05) is 7.05 Å². The van der Waals surface area contributed by atoms with Crippen LogP contribution in [-0.2, 0) is 0 Å². The molecule has 1 nitrogen and oxygen atoms in total. The van der Waals surface area contributed by atoms with Crippen molar-refractivity contribution < 1.29 is 0 Å². The number of hydrogen-bond acceptors (Lipinski definition) is 1. The molecule has 1 heterocycles. The van der Waals surface area contributed by atoms with E-state index in [1.807, 2.05) is 0 Å². The standard InChI is InChI=1S/C11H23N/c1-7(2)11-8(3)9(4)12(6)10(11)5/h7-11H,1-6H3/t8?,9?,10?,11-/m0/s1. The first-order chi connectivity index (χ1) is 5.46. The Morgan fingerprint density at radius 1 is 1.00 bits per heavy atom. The molecule has 1 aliphatic heterocycles. The highest BCUT2D eigenvalue weighted by atomic mass is 15.2. The van der Waals surface area contributed by atoms with Crippen LogP contribution in [-0.4, -0.2) is 24.0 Å². The lowest BCUT2D eigenvalue weighted by Gasteiger charge is -2.25. The predicted molar refractivity (Wildman–Crippen MR) is 54.2 cm³/mol. The normalized spacial score (nSPS) is 44.2. The molecule has 0 spiro atoms. The number of nitrogens with zero attached hydrogens (tertiary/aromatic N) is 1. The van der Waals surface area contributed by atoms with Gasteiger partial charge in [-0.3, -0.25) is 0 Å². The van der Waals surface area contributed by atoms with E-state index < -0.39 is 0 Å². The Hall–Kier alpha value is -0.0400. The van der Waals surface area contributed by atoms with Gasteiger partial charge >= 0.3 is 0 Å². The van der Waals surface area contributed by atoms with Gasteiger partial charge in [0, 0.05) is 12.1 Å². The molecule has 1 fully saturated rings. The molecule has 0 radical (unpaired) electrons. The second-order valence-corrected chi connectivity index (χ2v) is 4.83. The van der Waals surface area contributed by atoms with Crippen LogP contribution < -0.4 is 0 Å². The Balaban J connectivity index is 2.76. The summed E-state index contributed by atoms with van der Waals surface area (Å²) < 4.78 is 0. The third-order valence-electron chi connectivity index (χ3n) is 3.98. The van der Waals surface area contributed by atoms with Gasteiger partial charge in [0.15, 0.2) is 0 Å². The molecule has 0 bridgehead atoms. The monoisotopic (exact) mass is 169 g/mol. The maximum Gasteiger partial charge on any atom is 0.0101 e. The third kappa shape index (κ3) is 1.39. The first-order valence-corrected chi connectivity index (χ1v) is 5.18. The van der Waals surface area contributed by atoms with Crippen molar-refractivity contribution in [2.45, 2.75) is 46.7 Å². The Bertz CT molecular complexity index is 139. The van der Waals surface area contributed by atoms with E-state index in [1.54, 1.807) is 0 Å². The van der Waals surface area contributed by atoms with E-state index in [-0.39, 0.29) is 0 Å². The molecule has 0 aliphatic carbocycles. The Kier molecular flexibility index (Phi) is 2.82. The van der Waals surface area contributed by atoms with E-state index in [0.29, 0.717) is 0 Å². The highest BCUT2D eigenvalue weighted by Crippen LogP contribution is 2.37. The fourth-order valence-electron chi connectivity index (χ4n) is 2.94. The number of likely N-dealkylation sites (tertiary alicyclic amines) is 1. The lowest BCUT2D eigenvalue weighted by Crippen LogP contribution is -2.31. The summed E-state index contributed by atoms with van der Waals surface area (Å²) in [4.78, 5) is 2.52. The van der Waals surface area contributed by atoms with E-state index >= 15 is 0 Å². The average Bonchev–Trinajstić information content (AvgIpc) is 2.16. The number of hydrogen-bond donors (Lipinski definition) is 0. The minimum atomic E-state index is 0.757. The molecule has 0 aromatic heterocycles. The Labute approximate surface area is 77.1 Å². The third-order valence-corrected chi connectivity index (χ3v) is 3.98. The van der Waals surface area contributed by atoms with Gasteiger partial charge in [0.05, 0.1) is 0 Å². The fraction of sp³-hybridized carbons (Fsp3) is 1.00. The van der Waals surface area contributed by atoms with E-state index in [2.05, 4.69) is 46.6 Å². The Morgan fingerprint density at radius 2 is 1.50 bits per heavy atom. The van der Waals surface area contributed by atoms with Crippen molar-refractivity contribution in [3.63, 3.8) is 0 Å². The van der Waals surface area contributed by atoms with Crippen LogP contribution in [0.25, 0.3) is 0 Å². The van der Waals surface area contributed by atoms with E-state index in [1.165, 1.54) is 0 Å². The quantitative estimate of drug-likeness (QED) is 0.583. The van der Waals surface area contributed by atoms with Crippen LogP contribution in [0.3, 0.4) is 0 Å². The first kappa shape index (κ1) is 10.0. The topological polar surface area (TPSA) is 3.24 Å². The lowest BCUT2D eigenvalue weighted by molar-refractivity contribution is 0.230. The van der Waals surface area contributed by atoms with Crippen LogP contribution >= 0.6 is 0 Å². The van der Waals surface area contributed by atoms with Gasteiger partial charge in [-0.1, -0.05) is 20.8 Å². The van der Waals surface area contributed by atoms with Crippen molar-refractivity contribution in [3.8, 4) is 0 Å². The molecule has 1 saturated heterocycles. The second-order valence-electron chi connectivity index (χ2n) is 4.83. The zero-order valence-corrected chi connectivity index (χ0v) is 9.33. The van der Waals surface area contributed by atoms with Gasteiger partial charge in [-0.2, -0.15) is 0 Å². The van der Waals surface area contributed by atoms with Crippen molar-refractivity contribution in [2.24, 2.45) is 17.8 Å². The summed E-state index contributed by atoms with van der Waals surface area (Å²) >= 11 is 0. The molecular weight excluding hydrogens is 146 g/mol. The molecule has 0 aromatic rings. The van der Waals surface area contributed by atoms with Gasteiger partial charge in [-0.25, -0.2) is 0 Å². The number of rotatable bonds is 1. The molecule has 72 valence electrons. The van der Waals surface area contributed by atoms with Crippen molar-refractivity contribution in [1.82, 2.24) is 4.90 Å². The molecule has 0 N–H and O–H groups in total. The zero-order valence-electron chi connectivity index (χ0n) is 9.33. The predicted octanol–water partition coefficient (Wildman–Crippen LogP) is 2.62. The van der Waals surface area contributed by atoms with Crippen LogP contribution in [0.15, 0.2) is 0 Å².